The largest absolute Gasteiger partial charge is 0.611 e. The van der Waals surface area contributed by atoms with Crippen LogP contribution in [-0.4, -0.2) is 20.5 Å². The van der Waals surface area contributed by atoms with Crippen LogP contribution in [0.3, 0.4) is 0 Å². The van der Waals surface area contributed by atoms with Crippen molar-refractivity contribution in [1.82, 2.24) is 10.2 Å². The van der Waals surface area contributed by atoms with Crippen LogP contribution in [0, 0.1) is 0 Å². The van der Waals surface area contributed by atoms with Crippen molar-refractivity contribution >= 4 is 23.3 Å². The van der Waals surface area contributed by atoms with Gasteiger partial charge in [0, 0.05) is 12.1 Å². The van der Waals surface area contributed by atoms with Crippen molar-refractivity contribution in [3.63, 3.8) is 0 Å². The molecule has 1 atom stereocenters. The molecule has 102 valence electrons. The highest BCUT2D eigenvalue weighted by atomic mass is 32.2. The van der Waals surface area contributed by atoms with E-state index in [1.54, 1.807) is 18.2 Å². The Kier molecular flexibility index (Phi) is 4.92. The number of benzene rings is 1. The molecular formula is C15H14N2O2S. The first-order valence-electron chi connectivity index (χ1n) is 6.02. The summed E-state index contributed by atoms with van der Waals surface area (Å²) in [7, 11) is 0. The molecule has 0 saturated carbocycles. The lowest BCUT2D eigenvalue weighted by molar-refractivity contribution is 0.598. The lowest BCUT2D eigenvalue weighted by atomic mass is 10.2. The van der Waals surface area contributed by atoms with Crippen LogP contribution in [0.5, 0.6) is 0 Å². The zero-order chi connectivity index (χ0) is 14.4. The van der Waals surface area contributed by atoms with E-state index in [9.17, 15) is 9.35 Å². The summed E-state index contributed by atoms with van der Waals surface area (Å²) in [6.07, 6.45) is 5.28. The quantitative estimate of drug-likeness (QED) is 0.677. The molecule has 0 aliphatic rings. The summed E-state index contributed by atoms with van der Waals surface area (Å²) in [5.74, 6) is 0.439. The van der Waals surface area contributed by atoms with E-state index >= 15 is 0 Å². The van der Waals surface area contributed by atoms with Gasteiger partial charge in [0.25, 0.3) is 5.56 Å². The SMILES string of the molecule is C=CC[S+]([O-])c1cccc(C=Cc2ccc(=O)[nH]n2)c1. The number of aromatic amines is 1. The van der Waals surface area contributed by atoms with Gasteiger partial charge in [-0.3, -0.25) is 4.79 Å². The molecule has 0 fully saturated rings. The fraction of sp³-hybridized carbons (Fsp3) is 0.0667. The number of nitrogens with zero attached hydrogens (tertiary/aromatic N) is 1. The second-order valence-corrected chi connectivity index (χ2v) is 5.55. The molecule has 1 aromatic heterocycles. The number of rotatable bonds is 5. The minimum Gasteiger partial charge on any atom is -0.611 e. The lowest BCUT2D eigenvalue weighted by Gasteiger charge is -2.08. The van der Waals surface area contributed by atoms with Gasteiger partial charge in [0.15, 0.2) is 4.90 Å². The maximum atomic E-state index is 11.9. The molecule has 1 aromatic carbocycles. The Morgan fingerprint density at radius 2 is 2.15 bits per heavy atom. The molecule has 0 saturated heterocycles. The topological polar surface area (TPSA) is 68.8 Å². The summed E-state index contributed by atoms with van der Waals surface area (Å²) < 4.78 is 11.9. The van der Waals surface area contributed by atoms with Crippen molar-refractivity contribution in [2.75, 3.05) is 5.75 Å². The van der Waals surface area contributed by atoms with Gasteiger partial charge in [0.05, 0.1) is 5.69 Å². The molecule has 0 amide bonds. The smallest absolute Gasteiger partial charge is 0.264 e. The maximum absolute atomic E-state index is 11.9. The van der Waals surface area contributed by atoms with Crippen molar-refractivity contribution in [3.05, 3.63) is 70.7 Å². The van der Waals surface area contributed by atoms with Gasteiger partial charge in [0.1, 0.15) is 5.75 Å². The van der Waals surface area contributed by atoms with Crippen LogP contribution < -0.4 is 5.56 Å². The van der Waals surface area contributed by atoms with E-state index in [2.05, 4.69) is 16.8 Å². The molecule has 20 heavy (non-hydrogen) atoms. The first-order valence-corrected chi connectivity index (χ1v) is 7.34. The predicted molar refractivity (Wildman–Crippen MR) is 81.7 cm³/mol. The molecule has 0 spiro atoms. The molecule has 0 aliphatic heterocycles. The van der Waals surface area contributed by atoms with Crippen molar-refractivity contribution in [1.29, 1.82) is 0 Å². The van der Waals surface area contributed by atoms with Crippen LogP contribution in [0.15, 0.2) is 58.7 Å². The fourth-order valence-corrected chi connectivity index (χ4v) is 2.50. The van der Waals surface area contributed by atoms with Crippen LogP contribution in [0.2, 0.25) is 0 Å². The van der Waals surface area contributed by atoms with E-state index in [0.717, 1.165) is 10.5 Å². The summed E-state index contributed by atoms with van der Waals surface area (Å²) in [4.78, 5) is 11.7. The Bertz CT molecular complexity index is 659. The summed E-state index contributed by atoms with van der Waals surface area (Å²) in [6.45, 7) is 3.59. The number of H-pyrrole nitrogens is 1. The van der Waals surface area contributed by atoms with E-state index in [-0.39, 0.29) is 5.56 Å². The van der Waals surface area contributed by atoms with Gasteiger partial charge < -0.3 is 4.55 Å². The first-order chi connectivity index (χ1) is 9.69. The number of nitrogens with one attached hydrogen (secondary N) is 1. The third kappa shape index (κ3) is 3.94. The van der Waals surface area contributed by atoms with Crippen LogP contribution >= 0.6 is 0 Å². The van der Waals surface area contributed by atoms with E-state index < -0.39 is 11.2 Å². The second kappa shape index (κ2) is 6.88. The third-order valence-corrected chi connectivity index (χ3v) is 3.86. The maximum Gasteiger partial charge on any atom is 0.264 e. The van der Waals surface area contributed by atoms with Crippen LogP contribution in [0.4, 0.5) is 0 Å². The normalized spacial score (nSPS) is 12.4. The fourth-order valence-electron chi connectivity index (χ4n) is 1.59. The highest BCUT2D eigenvalue weighted by molar-refractivity contribution is 7.91. The molecule has 1 unspecified atom stereocenters. The van der Waals surface area contributed by atoms with Gasteiger partial charge in [-0.1, -0.05) is 24.8 Å². The Hall–Kier alpha value is -2.11. The standard InChI is InChI=1S/C15H14N2O2S/c1-2-10-20(19)14-5-3-4-12(11-14)6-7-13-8-9-15(18)17-16-13/h2-9,11H,1,10H2,(H,17,18). The lowest BCUT2D eigenvalue weighted by Crippen LogP contribution is -2.05. The van der Waals surface area contributed by atoms with Gasteiger partial charge in [-0.15, -0.1) is 0 Å². The molecule has 0 aliphatic carbocycles. The van der Waals surface area contributed by atoms with E-state index in [0.29, 0.717) is 11.4 Å². The van der Waals surface area contributed by atoms with Gasteiger partial charge in [-0.25, -0.2) is 5.10 Å². The number of hydrogen-bond donors (Lipinski definition) is 1. The van der Waals surface area contributed by atoms with Crippen molar-refractivity contribution in [2.45, 2.75) is 4.90 Å². The van der Waals surface area contributed by atoms with Gasteiger partial charge in [-0.2, -0.15) is 5.10 Å². The zero-order valence-corrected chi connectivity index (χ0v) is 11.6. The van der Waals surface area contributed by atoms with E-state index in [1.165, 1.54) is 6.07 Å². The Labute approximate surface area is 120 Å². The average molecular weight is 286 g/mol. The van der Waals surface area contributed by atoms with Crippen LogP contribution in [0.1, 0.15) is 11.3 Å². The Balaban J connectivity index is 2.17. The molecule has 2 aromatic rings. The molecule has 4 nitrogen and oxygen atoms in total. The molecule has 2 rings (SSSR count). The van der Waals surface area contributed by atoms with Crippen molar-refractivity contribution in [3.8, 4) is 0 Å². The van der Waals surface area contributed by atoms with Crippen molar-refractivity contribution < 1.29 is 4.55 Å². The number of hydrogen-bond acceptors (Lipinski definition) is 3. The zero-order valence-electron chi connectivity index (χ0n) is 10.8. The highest BCUT2D eigenvalue weighted by Gasteiger charge is 2.07. The van der Waals surface area contributed by atoms with Crippen LogP contribution in [0.25, 0.3) is 12.2 Å². The van der Waals surface area contributed by atoms with E-state index in [4.69, 9.17) is 0 Å². The minimum absolute atomic E-state index is 0.232. The second-order valence-electron chi connectivity index (χ2n) is 4.05. The summed E-state index contributed by atoms with van der Waals surface area (Å²) in [5, 5.41) is 6.25. The highest BCUT2D eigenvalue weighted by Crippen LogP contribution is 2.15. The van der Waals surface area contributed by atoms with Gasteiger partial charge >= 0.3 is 0 Å². The minimum atomic E-state index is -1.06. The molecule has 1 heterocycles. The predicted octanol–water partition coefficient (Wildman–Crippen LogP) is 2.23. The molecular weight excluding hydrogens is 272 g/mol. The summed E-state index contributed by atoms with van der Waals surface area (Å²) in [5.41, 5.74) is 1.35. The van der Waals surface area contributed by atoms with Crippen LogP contribution in [-0.2, 0) is 11.2 Å². The number of aromatic nitrogens is 2. The first kappa shape index (κ1) is 14.3. The van der Waals surface area contributed by atoms with E-state index in [1.807, 2.05) is 30.3 Å². The summed E-state index contributed by atoms with van der Waals surface area (Å²) >= 11 is -1.06. The van der Waals surface area contributed by atoms with Gasteiger partial charge in [0.2, 0.25) is 0 Å². The Morgan fingerprint density at radius 3 is 2.85 bits per heavy atom. The third-order valence-electron chi connectivity index (χ3n) is 2.54. The van der Waals surface area contributed by atoms with Crippen molar-refractivity contribution in [2.24, 2.45) is 0 Å². The molecule has 0 bridgehead atoms. The Morgan fingerprint density at radius 1 is 1.30 bits per heavy atom. The summed E-state index contributed by atoms with van der Waals surface area (Å²) in [6, 6.07) is 10.5. The average Bonchev–Trinajstić information content (AvgIpc) is 2.47. The van der Waals surface area contributed by atoms with Gasteiger partial charge in [-0.05, 0) is 41.0 Å². The molecule has 1 N–H and O–H groups in total. The molecule has 5 heteroatoms. The monoisotopic (exact) mass is 286 g/mol. The molecule has 0 radical (unpaired) electrons.